The van der Waals surface area contributed by atoms with Crippen molar-refractivity contribution in [3.05, 3.63) is 35.9 Å². The Morgan fingerprint density at radius 3 is 2.41 bits per heavy atom. The number of nitrogens with zero attached hydrogens (tertiary/aromatic N) is 1. The highest BCUT2D eigenvalue weighted by atomic mass is 35.5. The van der Waals surface area contributed by atoms with Crippen LogP contribution in [0, 0.1) is 5.41 Å². The van der Waals surface area contributed by atoms with Crippen molar-refractivity contribution in [3.8, 4) is 0 Å². The number of piperidine rings is 1. The van der Waals surface area contributed by atoms with Crippen molar-refractivity contribution in [2.45, 2.75) is 43.1 Å². The van der Waals surface area contributed by atoms with Gasteiger partial charge in [-0.1, -0.05) is 30.3 Å². The Morgan fingerprint density at radius 2 is 1.86 bits per heavy atom. The first kappa shape index (κ1) is 16.1. The second-order valence-electron chi connectivity index (χ2n) is 6.72. The van der Waals surface area contributed by atoms with Gasteiger partial charge in [-0.2, -0.15) is 0 Å². The normalized spacial score (nSPS) is 28.3. The summed E-state index contributed by atoms with van der Waals surface area (Å²) < 4.78 is -0.884. The van der Waals surface area contributed by atoms with E-state index in [0.717, 1.165) is 32.5 Å². The van der Waals surface area contributed by atoms with Crippen molar-refractivity contribution in [1.29, 1.82) is 0 Å². The average molecular weight is 341 g/mol. The van der Waals surface area contributed by atoms with Crippen LogP contribution in [-0.2, 0) is 11.3 Å². The number of alkyl halides is 2. The van der Waals surface area contributed by atoms with Crippen LogP contribution in [0.3, 0.4) is 0 Å². The first-order chi connectivity index (χ1) is 10.4. The zero-order valence-electron chi connectivity index (χ0n) is 12.8. The molecule has 1 amide bonds. The number of amides is 1. The topological polar surface area (TPSA) is 32.3 Å². The van der Waals surface area contributed by atoms with Gasteiger partial charge in [0, 0.05) is 25.7 Å². The Hall–Kier alpha value is -0.770. The van der Waals surface area contributed by atoms with E-state index in [1.165, 1.54) is 5.56 Å². The maximum Gasteiger partial charge on any atom is 0.229 e. The van der Waals surface area contributed by atoms with Crippen LogP contribution in [0.4, 0.5) is 0 Å². The summed E-state index contributed by atoms with van der Waals surface area (Å²) in [5.74, 6) is -0.000917. The number of halogens is 2. The third kappa shape index (κ3) is 3.27. The van der Waals surface area contributed by atoms with Crippen molar-refractivity contribution in [2.75, 3.05) is 13.1 Å². The van der Waals surface area contributed by atoms with E-state index in [1.54, 1.807) is 0 Å². The zero-order chi connectivity index (χ0) is 15.8. The molecule has 1 aromatic rings. The van der Waals surface area contributed by atoms with Crippen LogP contribution in [0.15, 0.2) is 30.3 Å². The van der Waals surface area contributed by atoms with E-state index in [9.17, 15) is 4.79 Å². The molecule has 1 aliphatic heterocycles. The van der Waals surface area contributed by atoms with Crippen molar-refractivity contribution in [3.63, 3.8) is 0 Å². The molecule has 1 heterocycles. The molecule has 2 fully saturated rings. The molecule has 2 aliphatic rings. The summed E-state index contributed by atoms with van der Waals surface area (Å²) in [7, 11) is 0. The van der Waals surface area contributed by atoms with E-state index in [4.69, 9.17) is 23.2 Å². The van der Waals surface area contributed by atoms with Gasteiger partial charge in [0.2, 0.25) is 5.91 Å². The molecule has 1 saturated carbocycles. The molecule has 0 spiro atoms. The standard InChI is InChI=1S/C17H22Cl2N2O/c1-16(12-17(16,18)19)15(22)20-14-7-9-21(10-8-14)11-13-5-3-2-4-6-13/h2-6,14H,7-12H2,1H3,(H,20,22). The number of benzene rings is 1. The van der Waals surface area contributed by atoms with E-state index < -0.39 is 9.75 Å². The van der Waals surface area contributed by atoms with Crippen molar-refractivity contribution < 1.29 is 4.79 Å². The second kappa shape index (κ2) is 6.03. The highest BCUT2D eigenvalue weighted by Crippen LogP contribution is 2.63. The lowest BCUT2D eigenvalue weighted by atomic mass is 10.0. The fourth-order valence-electron chi connectivity index (χ4n) is 3.07. The molecule has 1 atom stereocenters. The summed E-state index contributed by atoms with van der Waals surface area (Å²) in [6.45, 7) is 4.82. The summed E-state index contributed by atoms with van der Waals surface area (Å²) >= 11 is 12.1. The predicted octanol–water partition coefficient (Wildman–Crippen LogP) is 3.35. The third-order valence-electron chi connectivity index (χ3n) is 4.93. The smallest absolute Gasteiger partial charge is 0.229 e. The minimum atomic E-state index is -0.884. The van der Waals surface area contributed by atoms with E-state index in [1.807, 2.05) is 13.0 Å². The Labute approximate surface area is 142 Å². The molecular weight excluding hydrogens is 319 g/mol. The number of hydrogen-bond donors (Lipinski definition) is 1. The lowest BCUT2D eigenvalue weighted by Crippen LogP contribution is -2.46. The minimum absolute atomic E-state index is 0.000917. The number of hydrogen-bond acceptors (Lipinski definition) is 2. The van der Waals surface area contributed by atoms with Crippen molar-refractivity contribution in [2.24, 2.45) is 5.41 Å². The molecule has 1 aliphatic carbocycles. The zero-order valence-corrected chi connectivity index (χ0v) is 14.3. The lowest BCUT2D eigenvalue weighted by molar-refractivity contribution is -0.126. The van der Waals surface area contributed by atoms with Crippen molar-refractivity contribution in [1.82, 2.24) is 10.2 Å². The van der Waals surface area contributed by atoms with Gasteiger partial charge < -0.3 is 5.32 Å². The van der Waals surface area contributed by atoms with Gasteiger partial charge in [0.05, 0.1) is 5.41 Å². The number of nitrogens with one attached hydrogen (secondary N) is 1. The van der Waals surface area contributed by atoms with E-state index in [2.05, 4.69) is 34.5 Å². The highest BCUT2D eigenvalue weighted by Gasteiger charge is 2.68. The van der Waals surface area contributed by atoms with Gasteiger partial charge in [0.1, 0.15) is 4.33 Å². The summed E-state index contributed by atoms with van der Waals surface area (Å²) in [6.07, 6.45) is 2.50. The fourth-order valence-corrected chi connectivity index (χ4v) is 3.77. The molecule has 3 nitrogen and oxygen atoms in total. The molecule has 0 bridgehead atoms. The summed E-state index contributed by atoms with van der Waals surface area (Å²) in [5, 5.41) is 3.13. The van der Waals surface area contributed by atoms with Crippen molar-refractivity contribution >= 4 is 29.1 Å². The van der Waals surface area contributed by atoms with Crippen LogP contribution >= 0.6 is 23.2 Å². The van der Waals surface area contributed by atoms with E-state index in [0.29, 0.717) is 6.42 Å². The van der Waals surface area contributed by atoms with Gasteiger partial charge in [-0.05, 0) is 31.7 Å². The van der Waals surface area contributed by atoms with Gasteiger partial charge >= 0.3 is 0 Å². The fraction of sp³-hybridized carbons (Fsp3) is 0.588. The molecule has 3 rings (SSSR count). The quantitative estimate of drug-likeness (QED) is 0.852. The second-order valence-corrected chi connectivity index (χ2v) is 8.21. The Morgan fingerprint density at radius 1 is 1.27 bits per heavy atom. The van der Waals surface area contributed by atoms with Gasteiger partial charge in [-0.3, -0.25) is 9.69 Å². The number of likely N-dealkylation sites (tertiary alicyclic amines) is 1. The monoisotopic (exact) mass is 340 g/mol. The van der Waals surface area contributed by atoms with Crippen LogP contribution in [0.25, 0.3) is 0 Å². The Bertz CT molecular complexity index is 541. The van der Waals surface area contributed by atoms with Crippen LogP contribution in [0.5, 0.6) is 0 Å². The van der Waals surface area contributed by atoms with Gasteiger partial charge in [-0.25, -0.2) is 0 Å². The SMILES string of the molecule is CC1(C(=O)NC2CCN(Cc3ccccc3)CC2)CC1(Cl)Cl. The molecule has 1 aromatic carbocycles. The maximum atomic E-state index is 12.3. The summed E-state index contributed by atoms with van der Waals surface area (Å²) in [6, 6.07) is 10.7. The lowest BCUT2D eigenvalue weighted by Gasteiger charge is -2.33. The maximum absolute atomic E-state index is 12.3. The molecular formula is C17H22Cl2N2O. The Balaban J connectivity index is 1.45. The van der Waals surface area contributed by atoms with Crippen LogP contribution in [-0.4, -0.2) is 34.3 Å². The molecule has 0 aromatic heterocycles. The largest absolute Gasteiger partial charge is 0.353 e. The minimum Gasteiger partial charge on any atom is -0.353 e. The molecule has 0 radical (unpaired) electrons. The van der Waals surface area contributed by atoms with Gasteiger partial charge in [0.25, 0.3) is 0 Å². The van der Waals surface area contributed by atoms with Gasteiger partial charge in [0.15, 0.2) is 0 Å². The van der Waals surface area contributed by atoms with E-state index >= 15 is 0 Å². The van der Waals surface area contributed by atoms with E-state index in [-0.39, 0.29) is 11.9 Å². The van der Waals surface area contributed by atoms with Crippen LogP contribution in [0.2, 0.25) is 0 Å². The van der Waals surface area contributed by atoms with Crippen LogP contribution in [0.1, 0.15) is 31.7 Å². The molecule has 5 heteroatoms. The third-order valence-corrected chi connectivity index (χ3v) is 6.03. The number of carbonyl (C=O) groups is 1. The van der Waals surface area contributed by atoms with Crippen LogP contribution < -0.4 is 5.32 Å². The number of carbonyl (C=O) groups excluding carboxylic acids is 1. The van der Waals surface area contributed by atoms with Gasteiger partial charge in [-0.15, -0.1) is 23.2 Å². The number of rotatable bonds is 4. The molecule has 22 heavy (non-hydrogen) atoms. The molecule has 1 saturated heterocycles. The summed E-state index contributed by atoms with van der Waals surface area (Å²) in [5.41, 5.74) is 0.724. The summed E-state index contributed by atoms with van der Waals surface area (Å²) in [4.78, 5) is 14.7. The molecule has 1 N–H and O–H groups in total. The first-order valence-corrected chi connectivity index (χ1v) is 8.61. The Kier molecular flexibility index (Phi) is 4.41. The molecule has 120 valence electrons. The first-order valence-electron chi connectivity index (χ1n) is 7.86. The highest BCUT2D eigenvalue weighted by molar-refractivity contribution is 6.53. The molecule has 1 unspecified atom stereocenters. The predicted molar refractivity (Wildman–Crippen MR) is 90.0 cm³/mol. The average Bonchev–Trinajstić information content (AvgIpc) is 3.02.